The molecule has 3 heteroatoms. The molecule has 1 N–H and O–H groups in total. The third-order valence-corrected chi connectivity index (χ3v) is 12.1. The molecule has 0 heterocycles. The van der Waals surface area contributed by atoms with Crippen molar-refractivity contribution in [3.63, 3.8) is 0 Å². The molecule has 202 valence electrons. The lowest BCUT2D eigenvalue weighted by molar-refractivity contribution is -0.890. The van der Waals surface area contributed by atoms with Crippen molar-refractivity contribution >= 4 is 5.91 Å². The van der Waals surface area contributed by atoms with Crippen molar-refractivity contribution in [2.24, 2.45) is 40.4 Å². The average Bonchev–Trinajstić information content (AvgIpc) is 3.16. The van der Waals surface area contributed by atoms with Crippen molar-refractivity contribution in [3.05, 3.63) is 0 Å². The predicted octanol–water partition coefficient (Wildman–Crippen LogP) is 7.59. The van der Waals surface area contributed by atoms with Crippen LogP contribution in [0.1, 0.15) is 124 Å². The van der Waals surface area contributed by atoms with Gasteiger partial charge in [-0.15, -0.1) is 0 Å². The second-order valence-corrected chi connectivity index (χ2v) is 14.6. The molecule has 3 nitrogen and oxygen atoms in total. The molecular weight excluding hydrogens is 428 g/mol. The zero-order valence-electron chi connectivity index (χ0n) is 24.2. The van der Waals surface area contributed by atoms with E-state index in [1.807, 2.05) is 0 Å². The first-order valence-electron chi connectivity index (χ1n) is 15.8. The number of hydrogen-bond donors (Lipinski definition) is 1. The Kier molecular flexibility index (Phi) is 8.98. The lowest BCUT2D eigenvalue weighted by Crippen LogP contribution is -2.52. The molecule has 35 heavy (non-hydrogen) atoms. The monoisotopic (exact) mass is 487 g/mol. The van der Waals surface area contributed by atoms with Crippen LogP contribution in [-0.2, 0) is 4.79 Å². The van der Waals surface area contributed by atoms with Gasteiger partial charge in [-0.05, 0) is 111 Å². The van der Waals surface area contributed by atoms with Crippen LogP contribution in [0.15, 0.2) is 0 Å². The Morgan fingerprint density at radius 3 is 2.43 bits per heavy atom. The quantitative estimate of drug-likeness (QED) is 0.236. The lowest BCUT2D eigenvalue weighted by Gasteiger charge is -2.60. The Balaban J connectivity index is 1.20. The van der Waals surface area contributed by atoms with Gasteiger partial charge in [0.15, 0.2) is 0 Å². The molecule has 4 aliphatic carbocycles. The molecule has 1 amide bonds. The molecule has 0 aromatic carbocycles. The van der Waals surface area contributed by atoms with Gasteiger partial charge in [-0.1, -0.05) is 40.0 Å². The fraction of sp³-hybridized carbons (Fsp3) is 0.969. The van der Waals surface area contributed by atoms with Crippen molar-refractivity contribution in [1.29, 1.82) is 0 Å². The molecular formula is C32H59N2O+. The van der Waals surface area contributed by atoms with Gasteiger partial charge in [0.05, 0.1) is 27.2 Å². The fourth-order valence-corrected chi connectivity index (χ4v) is 9.91. The maximum Gasteiger partial charge on any atom is 0.219 e. The van der Waals surface area contributed by atoms with E-state index in [2.05, 4.69) is 40.2 Å². The van der Waals surface area contributed by atoms with Gasteiger partial charge in [-0.25, -0.2) is 0 Å². The lowest BCUT2D eigenvalue weighted by atomic mass is 9.45. The number of carbonyl (C=O) groups excluding carboxylic acids is 1. The van der Waals surface area contributed by atoms with Gasteiger partial charge in [0, 0.05) is 19.4 Å². The first kappa shape index (κ1) is 27.5. The van der Waals surface area contributed by atoms with Crippen molar-refractivity contribution in [2.75, 3.05) is 33.7 Å². The van der Waals surface area contributed by atoms with E-state index in [0.29, 0.717) is 10.8 Å². The van der Waals surface area contributed by atoms with Crippen molar-refractivity contribution in [3.8, 4) is 0 Å². The summed E-state index contributed by atoms with van der Waals surface area (Å²) < 4.78 is 1.08. The van der Waals surface area contributed by atoms with E-state index in [0.717, 1.165) is 66.4 Å². The fourth-order valence-electron chi connectivity index (χ4n) is 9.91. The molecule has 0 spiro atoms. The Bertz CT molecular complexity index is 704. The molecule has 7 atom stereocenters. The highest BCUT2D eigenvalue weighted by molar-refractivity contribution is 5.75. The summed E-state index contributed by atoms with van der Waals surface area (Å²) in [5.41, 5.74) is 1.21. The number of hydrogen-bond acceptors (Lipinski definition) is 1. The molecule has 4 saturated carbocycles. The normalized spacial score (nSPS) is 38.9. The SMILES string of the molecule is CCCC[N+](C)(C)CCCNC(=O)CCCC1CCC2C3CCC4CCCCC4(C)C3CCC12C. The maximum atomic E-state index is 12.5. The van der Waals surface area contributed by atoms with Crippen LogP contribution in [0.5, 0.6) is 0 Å². The third-order valence-electron chi connectivity index (χ3n) is 12.1. The van der Waals surface area contributed by atoms with Gasteiger partial charge in [-0.2, -0.15) is 0 Å². The van der Waals surface area contributed by atoms with E-state index >= 15 is 0 Å². The average molecular weight is 488 g/mol. The molecule has 7 unspecified atom stereocenters. The van der Waals surface area contributed by atoms with Gasteiger partial charge >= 0.3 is 0 Å². The highest BCUT2D eigenvalue weighted by Gasteiger charge is 2.59. The summed E-state index contributed by atoms with van der Waals surface area (Å²) in [7, 11) is 4.64. The number of unbranched alkanes of at least 4 members (excludes halogenated alkanes) is 1. The minimum Gasteiger partial charge on any atom is -0.356 e. The Labute approximate surface area is 218 Å². The molecule has 0 radical (unpaired) electrons. The molecule has 4 fully saturated rings. The predicted molar refractivity (Wildman–Crippen MR) is 148 cm³/mol. The third kappa shape index (κ3) is 5.96. The number of rotatable bonds is 11. The summed E-state index contributed by atoms with van der Waals surface area (Å²) in [6.07, 6.45) is 21.6. The first-order valence-corrected chi connectivity index (χ1v) is 15.8. The van der Waals surface area contributed by atoms with Gasteiger partial charge in [0.25, 0.3) is 0 Å². The van der Waals surface area contributed by atoms with Crippen molar-refractivity contribution in [2.45, 2.75) is 124 Å². The number of fused-ring (bicyclic) bond motifs is 5. The number of nitrogens with zero attached hydrogens (tertiary/aromatic N) is 1. The van der Waals surface area contributed by atoms with Crippen LogP contribution in [0.3, 0.4) is 0 Å². The molecule has 0 saturated heterocycles. The largest absolute Gasteiger partial charge is 0.356 e. The van der Waals surface area contributed by atoms with Crippen molar-refractivity contribution in [1.82, 2.24) is 5.32 Å². The molecule has 0 bridgehead atoms. The topological polar surface area (TPSA) is 29.1 Å². The minimum absolute atomic E-state index is 0.288. The molecule has 4 rings (SSSR count). The standard InChI is InChI=1S/C32H58N2O/c1-6-7-23-34(4,5)24-11-22-33-30(35)14-10-13-26-16-18-28-27-17-15-25-12-8-9-20-31(25,2)29(27)19-21-32(26,28)3/h25-29H,6-24H2,1-5H3/p+1. The first-order chi connectivity index (χ1) is 16.7. The summed E-state index contributed by atoms with van der Waals surface area (Å²) in [6.45, 7) is 10.9. The molecule has 0 aromatic heterocycles. The van der Waals surface area contributed by atoms with E-state index < -0.39 is 0 Å². The summed E-state index contributed by atoms with van der Waals surface area (Å²) in [6, 6.07) is 0. The van der Waals surface area contributed by atoms with Crippen LogP contribution in [0, 0.1) is 40.4 Å². The van der Waals surface area contributed by atoms with Crippen LogP contribution >= 0.6 is 0 Å². The number of amides is 1. The highest BCUT2D eigenvalue weighted by Crippen LogP contribution is 2.67. The zero-order chi connectivity index (χ0) is 25.1. The van der Waals surface area contributed by atoms with Crippen LogP contribution in [0.4, 0.5) is 0 Å². The Hall–Kier alpha value is -0.570. The van der Waals surface area contributed by atoms with Crippen LogP contribution < -0.4 is 5.32 Å². The summed E-state index contributed by atoms with van der Waals surface area (Å²) in [4.78, 5) is 12.5. The summed E-state index contributed by atoms with van der Waals surface area (Å²) >= 11 is 0. The molecule has 4 aliphatic rings. The van der Waals surface area contributed by atoms with E-state index in [1.165, 1.54) is 90.0 Å². The van der Waals surface area contributed by atoms with E-state index in [9.17, 15) is 4.79 Å². The van der Waals surface area contributed by atoms with Crippen LogP contribution in [0.25, 0.3) is 0 Å². The Morgan fingerprint density at radius 2 is 1.63 bits per heavy atom. The van der Waals surface area contributed by atoms with Crippen LogP contribution in [-0.4, -0.2) is 44.1 Å². The van der Waals surface area contributed by atoms with Crippen LogP contribution in [0.2, 0.25) is 0 Å². The number of quaternary nitrogens is 1. The second-order valence-electron chi connectivity index (χ2n) is 14.6. The van der Waals surface area contributed by atoms with E-state index in [1.54, 1.807) is 0 Å². The molecule has 0 aromatic rings. The van der Waals surface area contributed by atoms with Gasteiger partial charge in [0.2, 0.25) is 5.91 Å². The zero-order valence-corrected chi connectivity index (χ0v) is 24.2. The number of nitrogens with one attached hydrogen (secondary N) is 1. The summed E-state index contributed by atoms with van der Waals surface area (Å²) in [5, 5.41) is 3.22. The van der Waals surface area contributed by atoms with E-state index in [-0.39, 0.29) is 5.91 Å². The van der Waals surface area contributed by atoms with Gasteiger partial charge in [0.1, 0.15) is 0 Å². The maximum absolute atomic E-state index is 12.5. The van der Waals surface area contributed by atoms with Crippen molar-refractivity contribution < 1.29 is 9.28 Å². The second kappa shape index (κ2) is 11.4. The smallest absolute Gasteiger partial charge is 0.219 e. The minimum atomic E-state index is 0.288. The Morgan fingerprint density at radius 1 is 0.857 bits per heavy atom. The summed E-state index contributed by atoms with van der Waals surface area (Å²) in [5.74, 6) is 5.15. The number of carbonyl (C=O) groups is 1. The van der Waals surface area contributed by atoms with Gasteiger partial charge in [-0.3, -0.25) is 4.79 Å². The van der Waals surface area contributed by atoms with Gasteiger partial charge < -0.3 is 9.80 Å². The highest BCUT2D eigenvalue weighted by atomic mass is 16.1. The van der Waals surface area contributed by atoms with E-state index in [4.69, 9.17) is 0 Å². The molecule has 0 aliphatic heterocycles.